The van der Waals surface area contributed by atoms with Crippen molar-refractivity contribution in [2.75, 3.05) is 19.7 Å². The van der Waals surface area contributed by atoms with Crippen molar-refractivity contribution in [1.82, 2.24) is 4.90 Å². The number of unbranched alkanes of at least 4 members (excludes halogenated alkanes) is 2. The van der Waals surface area contributed by atoms with Crippen LogP contribution in [0, 0.1) is 0 Å². The average molecular weight is 529 g/mol. The van der Waals surface area contributed by atoms with Crippen LogP contribution in [-0.4, -0.2) is 29.7 Å². The number of benzene rings is 3. The molecule has 0 radical (unpaired) electrons. The average Bonchev–Trinajstić information content (AvgIpc) is 3.14. The molecule has 1 atom stereocenters. The molecule has 1 N–H and O–H groups in total. The Labute approximate surface area is 224 Å². The van der Waals surface area contributed by atoms with Crippen LogP contribution >= 0.6 is 34.8 Å². The van der Waals surface area contributed by atoms with Crippen LogP contribution in [0.4, 0.5) is 0 Å². The molecular weight excluding hydrogens is 497 g/mol. The molecule has 0 spiro atoms. The largest absolute Gasteiger partial charge is 0.394 e. The van der Waals surface area contributed by atoms with E-state index in [1.807, 2.05) is 48.5 Å². The van der Waals surface area contributed by atoms with E-state index in [1.54, 1.807) is 0 Å². The first-order valence-electron chi connectivity index (χ1n) is 12.4. The molecular formula is C30H32Cl3NO. The number of halogens is 3. The fourth-order valence-electron chi connectivity index (χ4n) is 4.94. The quantitative estimate of drug-likeness (QED) is 0.222. The highest BCUT2D eigenvalue weighted by Gasteiger charge is 2.31. The molecule has 0 heterocycles. The minimum atomic E-state index is -0.126. The van der Waals surface area contributed by atoms with Gasteiger partial charge in [-0.2, -0.15) is 0 Å². The lowest BCUT2D eigenvalue weighted by Crippen LogP contribution is -2.33. The summed E-state index contributed by atoms with van der Waals surface area (Å²) in [6.45, 7) is 6.35. The number of hydrogen-bond acceptors (Lipinski definition) is 2. The van der Waals surface area contributed by atoms with E-state index in [-0.39, 0.29) is 12.6 Å². The number of aliphatic hydroxyl groups excluding tert-OH is 1. The van der Waals surface area contributed by atoms with E-state index in [0.29, 0.717) is 15.1 Å². The monoisotopic (exact) mass is 527 g/mol. The van der Waals surface area contributed by atoms with Gasteiger partial charge in [0, 0.05) is 15.1 Å². The Kier molecular flexibility index (Phi) is 8.97. The standard InChI is InChI=1S/C30H32Cl3NO/c1-3-5-13-34(14-6-4-2)29(19-35)28-18-23(33)17-27-25(15-20-7-9-21(31)10-8-20)26-16-22(32)11-12-24(26)30(27)28/h7-12,15-18,29,35H,3-6,13-14,19H2,1-2H3/b25-15-/t29-/m1/s1. The Morgan fingerprint density at radius 3 is 2.03 bits per heavy atom. The molecule has 3 aromatic rings. The summed E-state index contributed by atoms with van der Waals surface area (Å²) in [6.07, 6.45) is 6.58. The molecule has 1 aliphatic carbocycles. The van der Waals surface area contributed by atoms with Crippen molar-refractivity contribution >= 4 is 46.5 Å². The second kappa shape index (κ2) is 12.0. The predicted octanol–water partition coefficient (Wildman–Crippen LogP) is 9.15. The molecule has 1 aliphatic rings. The van der Waals surface area contributed by atoms with Crippen molar-refractivity contribution in [2.24, 2.45) is 0 Å². The number of rotatable bonds is 10. The summed E-state index contributed by atoms with van der Waals surface area (Å²) in [5.74, 6) is 0. The maximum Gasteiger partial charge on any atom is 0.0628 e. The summed E-state index contributed by atoms with van der Waals surface area (Å²) in [7, 11) is 0. The second-order valence-corrected chi connectivity index (χ2v) is 10.5. The molecule has 2 nitrogen and oxygen atoms in total. The summed E-state index contributed by atoms with van der Waals surface area (Å²) in [6, 6.07) is 17.8. The smallest absolute Gasteiger partial charge is 0.0628 e. The Morgan fingerprint density at radius 1 is 0.771 bits per heavy atom. The zero-order valence-electron chi connectivity index (χ0n) is 20.3. The minimum absolute atomic E-state index is 0.0410. The van der Waals surface area contributed by atoms with Gasteiger partial charge in [0.15, 0.2) is 0 Å². The maximum absolute atomic E-state index is 10.7. The molecule has 5 heteroatoms. The topological polar surface area (TPSA) is 23.5 Å². The van der Waals surface area contributed by atoms with E-state index < -0.39 is 0 Å². The van der Waals surface area contributed by atoms with Crippen LogP contribution in [0.2, 0.25) is 15.1 Å². The van der Waals surface area contributed by atoms with Gasteiger partial charge in [-0.1, -0.05) is 79.7 Å². The van der Waals surface area contributed by atoms with Gasteiger partial charge in [-0.15, -0.1) is 0 Å². The van der Waals surface area contributed by atoms with E-state index in [2.05, 4.69) is 30.9 Å². The maximum atomic E-state index is 10.7. The third kappa shape index (κ3) is 5.79. The number of hydrogen-bond donors (Lipinski definition) is 1. The predicted molar refractivity (Wildman–Crippen MR) is 152 cm³/mol. The van der Waals surface area contributed by atoms with Crippen LogP contribution in [0.3, 0.4) is 0 Å². The molecule has 0 bridgehead atoms. The van der Waals surface area contributed by atoms with Crippen molar-refractivity contribution in [2.45, 2.75) is 45.6 Å². The van der Waals surface area contributed by atoms with Gasteiger partial charge in [0.1, 0.15) is 0 Å². The van der Waals surface area contributed by atoms with Gasteiger partial charge in [0.05, 0.1) is 12.6 Å². The third-order valence-electron chi connectivity index (χ3n) is 6.72. The summed E-state index contributed by atoms with van der Waals surface area (Å²) in [5.41, 5.74) is 7.62. The lowest BCUT2D eigenvalue weighted by Gasteiger charge is -2.32. The fraction of sp³-hybridized carbons (Fsp3) is 0.333. The number of fused-ring (bicyclic) bond motifs is 3. The summed E-state index contributed by atoms with van der Waals surface area (Å²) in [4.78, 5) is 2.43. The first-order chi connectivity index (χ1) is 17.0. The summed E-state index contributed by atoms with van der Waals surface area (Å²) < 4.78 is 0. The van der Waals surface area contributed by atoms with E-state index in [4.69, 9.17) is 34.8 Å². The van der Waals surface area contributed by atoms with Crippen LogP contribution in [0.5, 0.6) is 0 Å². The van der Waals surface area contributed by atoms with E-state index in [1.165, 1.54) is 0 Å². The van der Waals surface area contributed by atoms with Gasteiger partial charge in [-0.3, -0.25) is 4.90 Å². The van der Waals surface area contributed by atoms with E-state index >= 15 is 0 Å². The van der Waals surface area contributed by atoms with Gasteiger partial charge in [0.2, 0.25) is 0 Å². The van der Waals surface area contributed by atoms with Crippen LogP contribution in [0.15, 0.2) is 54.6 Å². The highest BCUT2D eigenvalue weighted by molar-refractivity contribution is 6.32. The van der Waals surface area contributed by atoms with Crippen molar-refractivity contribution in [3.8, 4) is 11.1 Å². The molecule has 4 rings (SSSR count). The molecule has 0 aliphatic heterocycles. The molecule has 0 amide bonds. The first kappa shape index (κ1) is 26.3. The highest BCUT2D eigenvalue weighted by atomic mass is 35.5. The van der Waals surface area contributed by atoms with E-state index in [9.17, 15) is 5.11 Å². The zero-order valence-corrected chi connectivity index (χ0v) is 22.6. The summed E-state index contributed by atoms with van der Waals surface area (Å²) >= 11 is 19.3. The lowest BCUT2D eigenvalue weighted by atomic mass is 9.93. The highest BCUT2D eigenvalue weighted by Crippen LogP contribution is 2.50. The normalized spacial score (nSPS) is 14.4. The van der Waals surface area contributed by atoms with Gasteiger partial charge in [-0.25, -0.2) is 0 Å². The molecule has 184 valence electrons. The van der Waals surface area contributed by atoms with Gasteiger partial charge < -0.3 is 5.11 Å². The van der Waals surface area contributed by atoms with Crippen molar-refractivity contribution in [1.29, 1.82) is 0 Å². The molecule has 0 saturated carbocycles. The Morgan fingerprint density at radius 2 is 1.40 bits per heavy atom. The molecule has 0 aromatic heterocycles. The van der Waals surface area contributed by atoms with Gasteiger partial charge in [0.25, 0.3) is 0 Å². The van der Waals surface area contributed by atoms with Crippen molar-refractivity contribution in [3.63, 3.8) is 0 Å². The summed E-state index contributed by atoms with van der Waals surface area (Å²) in [5, 5.41) is 12.7. The van der Waals surface area contributed by atoms with Gasteiger partial charge >= 0.3 is 0 Å². The molecule has 0 fully saturated rings. The zero-order chi connectivity index (χ0) is 24.9. The van der Waals surface area contributed by atoms with Crippen LogP contribution in [0.25, 0.3) is 22.8 Å². The van der Waals surface area contributed by atoms with Crippen molar-refractivity contribution < 1.29 is 5.11 Å². The van der Waals surface area contributed by atoms with E-state index in [0.717, 1.165) is 77.7 Å². The SMILES string of the molecule is CCCCN(CCCC)[C@H](CO)c1cc(Cl)cc2c1-c1ccc(Cl)cc1/C2=C/c1ccc(Cl)cc1. The number of nitrogens with zero attached hydrogens (tertiary/aromatic N) is 1. The minimum Gasteiger partial charge on any atom is -0.394 e. The number of aliphatic hydroxyl groups is 1. The Bertz CT molecular complexity index is 1190. The van der Waals surface area contributed by atoms with Crippen LogP contribution in [-0.2, 0) is 0 Å². The molecule has 3 aromatic carbocycles. The van der Waals surface area contributed by atoms with Crippen molar-refractivity contribution in [3.05, 3.63) is 91.9 Å². The molecule has 35 heavy (non-hydrogen) atoms. The lowest BCUT2D eigenvalue weighted by molar-refractivity contribution is 0.120. The molecule has 0 unspecified atom stereocenters. The second-order valence-electron chi connectivity index (χ2n) is 9.16. The first-order valence-corrected chi connectivity index (χ1v) is 13.6. The Hall–Kier alpha value is -1.81. The molecule has 0 saturated heterocycles. The van der Waals surface area contributed by atoms with Crippen LogP contribution < -0.4 is 0 Å². The fourth-order valence-corrected chi connectivity index (χ4v) is 5.47. The van der Waals surface area contributed by atoms with Crippen LogP contribution in [0.1, 0.15) is 67.8 Å². The Balaban J connectivity index is 1.90. The van der Waals surface area contributed by atoms with Gasteiger partial charge in [-0.05, 0) is 107 Å². The third-order valence-corrected chi connectivity index (χ3v) is 7.42.